The summed E-state index contributed by atoms with van der Waals surface area (Å²) in [5.74, 6) is 0.253. The first-order chi connectivity index (χ1) is 6.78. The molecule has 0 saturated carbocycles. The van der Waals surface area contributed by atoms with Crippen molar-refractivity contribution in [2.45, 2.75) is 47.6 Å². The second-order valence-corrected chi connectivity index (χ2v) is 5.23. The number of hydrogen-bond donors (Lipinski definition) is 1. The first-order valence-electron chi connectivity index (χ1n) is 5.60. The van der Waals surface area contributed by atoms with Crippen molar-refractivity contribution >= 4 is 12.1 Å². The molecule has 0 aliphatic carbocycles. The van der Waals surface area contributed by atoms with Gasteiger partial charge in [0.25, 0.3) is 0 Å². The largest absolute Gasteiger partial charge is 0.355 e. The van der Waals surface area contributed by atoms with Crippen LogP contribution >= 0.6 is 0 Å². The third-order valence-electron chi connectivity index (χ3n) is 1.87. The molecule has 0 rings (SSSR count). The van der Waals surface area contributed by atoms with Gasteiger partial charge < -0.3 is 5.32 Å². The second kappa shape index (κ2) is 5.89. The van der Waals surface area contributed by atoms with Crippen LogP contribution in [0.4, 0.5) is 0 Å². The van der Waals surface area contributed by atoms with Gasteiger partial charge in [0.15, 0.2) is 0 Å². The molecular formula is C12H24N2O. The van der Waals surface area contributed by atoms with Crippen molar-refractivity contribution in [3.8, 4) is 0 Å². The molecule has 0 spiro atoms. The highest BCUT2D eigenvalue weighted by Gasteiger charge is 2.20. The van der Waals surface area contributed by atoms with E-state index >= 15 is 0 Å². The lowest BCUT2D eigenvalue weighted by atomic mass is 9.98. The van der Waals surface area contributed by atoms with Gasteiger partial charge >= 0.3 is 0 Å². The van der Waals surface area contributed by atoms with Crippen LogP contribution in [0.15, 0.2) is 4.99 Å². The van der Waals surface area contributed by atoms with Crippen LogP contribution in [0.25, 0.3) is 0 Å². The molecule has 0 saturated heterocycles. The minimum atomic E-state index is -0.260. The molecule has 0 aromatic rings. The zero-order valence-corrected chi connectivity index (χ0v) is 10.8. The topological polar surface area (TPSA) is 41.5 Å². The minimum absolute atomic E-state index is 0.0213. The Morgan fingerprint density at radius 1 is 1.40 bits per heavy atom. The standard InChI is InChI=1S/C12H24N2O/c1-7-13-11(15)10(9(2)3)14-8-12(4,5)6/h8-10H,7H2,1-6H3,(H,13,15)/t10-/m0/s1. The predicted octanol–water partition coefficient (Wildman–Crippen LogP) is 2.26. The fraction of sp³-hybridized carbons (Fsp3) is 0.833. The lowest BCUT2D eigenvalue weighted by molar-refractivity contribution is -0.123. The molecule has 0 bridgehead atoms. The quantitative estimate of drug-likeness (QED) is 0.714. The molecule has 3 heteroatoms. The van der Waals surface area contributed by atoms with E-state index in [4.69, 9.17) is 0 Å². The molecule has 0 aliphatic rings. The van der Waals surface area contributed by atoms with Crippen LogP contribution in [0.2, 0.25) is 0 Å². The number of carbonyl (C=O) groups excluding carboxylic acids is 1. The highest BCUT2D eigenvalue weighted by atomic mass is 16.2. The summed E-state index contributed by atoms with van der Waals surface area (Å²) in [6.45, 7) is 12.8. The molecule has 0 radical (unpaired) electrons. The number of carbonyl (C=O) groups is 1. The van der Waals surface area contributed by atoms with Gasteiger partial charge in [-0.2, -0.15) is 0 Å². The number of hydrogen-bond acceptors (Lipinski definition) is 2. The molecule has 15 heavy (non-hydrogen) atoms. The van der Waals surface area contributed by atoms with Crippen LogP contribution < -0.4 is 5.32 Å². The average Bonchev–Trinajstić information content (AvgIpc) is 2.01. The van der Waals surface area contributed by atoms with E-state index in [1.807, 2.05) is 27.0 Å². The second-order valence-electron chi connectivity index (χ2n) is 5.23. The first kappa shape index (κ1) is 14.1. The van der Waals surface area contributed by atoms with Gasteiger partial charge in [0, 0.05) is 12.8 Å². The van der Waals surface area contributed by atoms with Gasteiger partial charge in [0.2, 0.25) is 5.91 Å². The maximum atomic E-state index is 11.7. The fourth-order valence-corrected chi connectivity index (χ4v) is 1.13. The lowest BCUT2D eigenvalue weighted by Gasteiger charge is -2.18. The summed E-state index contributed by atoms with van der Waals surface area (Å²) in [6, 6.07) is -0.260. The summed E-state index contributed by atoms with van der Waals surface area (Å²) in [7, 11) is 0. The van der Waals surface area contributed by atoms with E-state index in [0.29, 0.717) is 6.54 Å². The Balaban J connectivity index is 4.55. The van der Waals surface area contributed by atoms with Crippen molar-refractivity contribution in [3.63, 3.8) is 0 Å². The minimum Gasteiger partial charge on any atom is -0.355 e. The van der Waals surface area contributed by atoms with Crippen molar-refractivity contribution < 1.29 is 4.79 Å². The molecule has 0 aliphatic heterocycles. The molecule has 3 nitrogen and oxygen atoms in total. The number of nitrogens with one attached hydrogen (secondary N) is 1. The van der Waals surface area contributed by atoms with Crippen LogP contribution in [-0.2, 0) is 4.79 Å². The smallest absolute Gasteiger partial charge is 0.245 e. The van der Waals surface area contributed by atoms with Gasteiger partial charge in [-0.1, -0.05) is 34.6 Å². The molecule has 88 valence electrons. The summed E-state index contributed by atoms with van der Waals surface area (Å²) < 4.78 is 0. The Morgan fingerprint density at radius 2 is 1.93 bits per heavy atom. The summed E-state index contributed by atoms with van der Waals surface area (Å²) in [5.41, 5.74) is 0.0274. The van der Waals surface area contributed by atoms with Crippen LogP contribution in [0, 0.1) is 11.3 Å². The SMILES string of the molecule is CCNC(=O)[C@@H](N=CC(C)(C)C)C(C)C. The third kappa shape index (κ3) is 6.26. The zero-order chi connectivity index (χ0) is 12.1. The Bertz CT molecular complexity index is 226. The predicted molar refractivity (Wildman–Crippen MR) is 65.3 cm³/mol. The summed E-state index contributed by atoms with van der Waals surface area (Å²) in [5, 5.41) is 2.81. The van der Waals surface area contributed by atoms with Crippen molar-refractivity contribution in [2.24, 2.45) is 16.3 Å². The highest BCUT2D eigenvalue weighted by molar-refractivity contribution is 5.84. The van der Waals surface area contributed by atoms with E-state index in [9.17, 15) is 4.79 Å². The maximum Gasteiger partial charge on any atom is 0.245 e. The van der Waals surface area contributed by atoms with Crippen molar-refractivity contribution in [2.75, 3.05) is 6.54 Å². The zero-order valence-electron chi connectivity index (χ0n) is 10.8. The Labute approximate surface area is 93.4 Å². The highest BCUT2D eigenvalue weighted by Crippen LogP contribution is 2.12. The third-order valence-corrected chi connectivity index (χ3v) is 1.87. The number of aliphatic imine (C=N–C) groups is 1. The first-order valence-corrected chi connectivity index (χ1v) is 5.60. The average molecular weight is 212 g/mol. The van der Waals surface area contributed by atoms with Gasteiger partial charge in [-0.15, -0.1) is 0 Å². The van der Waals surface area contributed by atoms with E-state index in [0.717, 1.165) is 0 Å². The van der Waals surface area contributed by atoms with Crippen molar-refractivity contribution in [1.82, 2.24) is 5.32 Å². The van der Waals surface area contributed by atoms with Gasteiger partial charge in [0.05, 0.1) is 0 Å². The number of rotatable bonds is 4. The van der Waals surface area contributed by atoms with Crippen LogP contribution in [0.5, 0.6) is 0 Å². The van der Waals surface area contributed by atoms with Crippen LogP contribution in [-0.4, -0.2) is 24.7 Å². The van der Waals surface area contributed by atoms with Gasteiger partial charge in [-0.05, 0) is 18.3 Å². The van der Waals surface area contributed by atoms with Crippen molar-refractivity contribution in [3.05, 3.63) is 0 Å². The summed E-state index contributed by atoms with van der Waals surface area (Å²) in [4.78, 5) is 16.1. The maximum absolute atomic E-state index is 11.7. The molecule has 0 aromatic carbocycles. The molecule has 0 aromatic heterocycles. The van der Waals surface area contributed by atoms with E-state index in [1.165, 1.54) is 0 Å². The van der Waals surface area contributed by atoms with Gasteiger partial charge in [0.1, 0.15) is 6.04 Å². The fourth-order valence-electron chi connectivity index (χ4n) is 1.13. The van der Waals surface area contributed by atoms with Crippen LogP contribution in [0.3, 0.4) is 0 Å². The van der Waals surface area contributed by atoms with Crippen molar-refractivity contribution in [1.29, 1.82) is 0 Å². The normalized spacial score (nSPS) is 14.6. The van der Waals surface area contributed by atoms with Crippen LogP contribution in [0.1, 0.15) is 41.5 Å². The van der Waals surface area contributed by atoms with E-state index in [2.05, 4.69) is 31.1 Å². The van der Waals surface area contributed by atoms with E-state index < -0.39 is 0 Å². The Hall–Kier alpha value is -0.860. The number of likely N-dealkylation sites (N-methyl/N-ethyl adjacent to an activating group) is 1. The van der Waals surface area contributed by atoms with Gasteiger partial charge in [-0.3, -0.25) is 9.79 Å². The number of amides is 1. The van der Waals surface area contributed by atoms with Gasteiger partial charge in [-0.25, -0.2) is 0 Å². The monoisotopic (exact) mass is 212 g/mol. The van der Waals surface area contributed by atoms with E-state index in [1.54, 1.807) is 0 Å². The lowest BCUT2D eigenvalue weighted by Crippen LogP contribution is -2.37. The molecule has 0 heterocycles. The molecule has 0 unspecified atom stereocenters. The molecular weight excluding hydrogens is 188 g/mol. The molecule has 1 atom stereocenters. The molecule has 0 fully saturated rings. The Morgan fingerprint density at radius 3 is 2.27 bits per heavy atom. The number of nitrogens with zero attached hydrogens (tertiary/aromatic N) is 1. The molecule has 1 N–H and O–H groups in total. The summed E-state index contributed by atoms with van der Waals surface area (Å²) in [6.07, 6.45) is 1.87. The Kier molecular flexibility index (Phi) is 5.55. The molecule has 1 amide bonds. The summed E-state index contributed by atoms with van der Waals surface area (Å²) >= 11 is 0. The van der Waals surface area contributed by atoms with E-state index in [-0.39, 0.29) is 23.3 Å².